The zero-order valence-electron chi connectivity index (χ0n) is 13.5. The van der Waals surface area contributed by atoms with Crippen molar-refractivity contribution in [1.82, 2.24) is 9.78 Å². The van der Waals surface area contributed by atoms with Gasteiger partial charge >= 0.3 is 0 Å². The highest BCUT2D eigenvalue weighted by Crippen LogP contribution is 2.29. The fourth-order valence-corrected chi connectivity index (χ4v) is 2.75. The van der Waals surface area contributed by atoms with Crippen LogP contribution in [0.4, 0.5) is 5.69 Å². The molecule has 0 aliphatic carbocycles. The Kier molecular flexibility index (Phi) is 5.37. The molecule has 7 heteroatoms. The number of nitrogens with zero attached hydrogens (tertiary/aromatic N) is 2. The molecule has 1 N–H and O–H groups in total. The number of ether oxygens (including phenoxy) is 2. The van der Waals surface area contributed by atoms with Gasteiger partial charge in [0.15, 0.2) is 0 Å². The van der Waals surface area contributed by atoms with Crippen LogP contribution < -0.4 is 10.1 Å². The SMILES string of the molecule is Cc1cnn(CC(=O)Nc2cc(Cl)ccc2OCC2CCCO2)c1. The largest absolute Gasteiger partial charge is 0.489 e. The number of carbonyl (C=O) groups excluding carboxylic acids is 1. The highest BCUT2D eigenvalue weighted by Gasteiger charge is 2.17. The van der Waals surface area contributed by atoms with Crippen LogP contribution >= 0.6 is 11.6 Å². The molecule has 3 rings (SSSR count). The van der Waals surface area contributed by atoms with Gasteiger partial charge in [0.25, 0.3) is 0 Å². The van der Waals surface area contributed by atoms with Crippen LogP contribution in [0.25, 0.3) is 0 Å². The summed E-state index contributed by atoms with van der Waals surface area (Å²) in [6.07, 6.45) is 5.68. The van der Waals surface area contributed by atoms with Gasteiger partial charge in [0.1, 0.15) is 18.9 Å². The fourth-order valence-electron chi connectivity index (χ4n) is 2.57. The highest BCUT2D eigenvalue weighted by molar-refractivity contribution is 6.31. The smallest absolute Gasteiger partial charge is 0.246 e. The Hall–Kier alpha value is -2.05. The maximum absolute atomic E-state index is 12.2. The number of carbonyl (C=O) groups is 1. The third-order valence-electron chi connectivity index (χ3n) is 3.73. The van der Waals surface area contributed by atoms with E-state index in [2.05, 4.69) is 10.4 Å². The molecule has 0 spiro atoms. The first-order valence-electron chi connectivity index (χ1n) is 7.93. The van der Waals surface area contributed by atoms with Crippen LogP contribution in [0.2, 0.25) is 5.02 Å². The summed E-state index contributed by atoms with van der Waals surface area (Å²) in [5.74, 6) is 0.391. The first kappa shape index (κ1) is 16.8. The van der Waals surface area contributed by atoms with Gasteiger partial charge in [0, 0.05) is 17.8 Å². The molecule has 1 unspecified atom stereocenters. The molecule has 1 atom stereocenters. The van der Waals surface area contributed by atoms with Gasteiger partial charge < -0.3 is 14.8 Å². The molecule has 1 saturated heterocycles. The van der Waals surface area contributed by atoms with Crippen LogP contribution in [0.1, 0.15) is 18.4 Å². The summed E-state index contributed by atoms with van der Waals surface area (Å²) in [6.45, 7) is 3.30. The quantitative estimate of drug-likeness (QED) is 0.870. The third kappa shape index (κ3) is 4.49. The van der Waals surface area contributed by atoms with E-state index in [9.17, 15) is 4.79 Å². The molecule has 2 aromatic rings. The second-order valence-corrected chi connectivity index (χ2v) is 6.29. The minimum Gasteiger partial charge on any atom is -0.489 e. The van der Waals surface area contributed by atoms with Gasteiger partial charge in [0.05, 0.1) is 18.0 Å². The predicted octanol–water partition coefficient (Wildman–Crippen LogP) is 3.04. The number of hydrogen-bond acceptors (Lipinski definition) is 4. The van der Waals surface area contributed by atoms with Crippen molar-refractivity contribution in [3.63, 3.8) is 0 Å². The van der Waals surface area contributed by atoms with E-state index in [1.807, 2.05) is 13.1 Å². The Morgan fingerprint density at radius 2 is 2.42 bits per heavy atom. The predicted molar refractivity (Wildman–Crippen MR) is 91.5 cm³/mol. The first-order valence-corrected chi connectivity index (χ1v) is 8.31. The summed E-state index contributed by atoms with van der Waals surface area (Å²) in [7, 11) is 0. The Morgan fingerprint density at radius 1 is 1.54 bits per heavy atom. The van der Waals surface area contributed by atoms with E-state index in [1.165, 1.54) is 0 Å². The van der Waals surface area contributed by atoms with E-state index >= 15 is 0 Å². The number of rotatable bonds is 6. The van der Waals surface area contributed by atoms with Crippen molar-refractivity contribution >= 4 is 23.2 Å². The third-order valence-corrected chi connectivity index (χ3v) is 3.97. The first-order chi connectivity index (χ1) is 11.6. The normalized spacial score (nSPS) is 17.0. The summed E-state index contributed by atoms with van der Waals surface area (Å²) in [5.41, 5.74) is 1.56. The number of amides is 1. The summed E-state index contributed by atoms with van der Waals surface area (Å²) in [6, 6.07) is 5.17. The van der Waals surface area contributed by atoms with Gasteiger partial charge in [-0.05, 0) is 43.5 Å². The minimum absolute atomic E-state index is 0.108. The van der Waals surface area contributed by atoms with Gasteiger partial charge in [-0.1, -0.05) is 11.6 Å². The molecule has 128 valence electrons. The Bertz CT molecular complexity index is 711. The molecule has 1 aromatic carbocycles. The number of halogens is 1. The van der Waals surface area contributed by atoms with Crippen LogP contribution in [0.5, 0.6) is 5.75 Å². The molecule has 1 aliphatic rings. The van der Waals surface area contributed by atoms with Crippen LogP contribution in [0.3, 0.4) is 0 Å². The molecule has 1 fully saturated rings. The van der Waals surface area contributed by atoms with Crippen LogP contribution in [0, 0.1) is 6.92 Å². The monoisotopic (exact) mass is 349 g/mol. The van der Waals surface area contributed by atoms with Crippen molar-refractivity contribution in [2.75, 3.05) is 18.5 Å². The van der Waals surface area contributed by atoms with Crippen molar-refractivity contribution in [2.45, 2.75) is 32.4 Å². The van der Waals surface area contributed by atoms with E-state index in [-0.39, 0.29) is 18.6 Å². The zero-order valence-corrected chi connectivity index (χ0v) is 14.3. The van der Waals surface area contributed by atoms with Gasteiger partial charge in [0.2, 0.25) is 5.91 Å². The van der Waals surface area contributed by atoms with Crippen molar-refractivity contribution < 1.29 is 14.3 Å². The fraction of sp³-hybridized carbons (Fsp3) is 0.412. The summed E-state index contributed by atoms with van der Waals surface area (Å²) < 4.78 is 12.9. The second kappa shape index (κ2) is 7.68. The number of hydrogen-bond donors (Lipinski definition) is 1. The average Bonchev–Trinajstić information content (AvgIpc) is 3.18. The van der Waals surface area contributed by atoms with E-state index in [0.29, 0.717) is 23.1 Å². The topological polar surface area (TPSA) is 65.4 Å². The van der Waals surface area contributed by atoms with Crippen molar-refractivity contribution in [3.8, 4) is 5.75 Å². The molecule has 0 bridgehead atoms. The lowest BCUT2D eigenvalue weighted by atomic mass is 10.2. The van der Waals surface area contributed by atoms with Crippen LogP contribution in [-0.4, -0.2) is 35.0 Å². The van der Waals surface area contributed by atoms with Crippen molar-refractivity contribution in [1.29, 1.82) is 0 Å². The van der Waals surface area contributed by atoms with Gasteiger partial charge in [-0.2, -0.15) is 5.10 Å². The molecule has 0 radical (unpaired) electrons. The number of anilines is 1. The lowest BCUT2D eigenvalue weighted by Crippen LogP contribution is -2.21. The average molecular weight is 350 g/mol. The molecule has 6 nitrogen and oxygen atoms in total. The minimum atomic E-state index is -0.192. The standard InChI is InChI=1S/C17H20ClN3O3/c1-12-8-19-21(9-12)10-17(22)20-15-7-13(18)4-5-16(15)24-11-14-3-2-6-23-14/h4-5,7-9,14H,2-3,6,10-11H2,1H3,(H,20,22). The van der Waals surface area contributed by atoms with E-state index in [0.717, 1.165) is 25.0 Å². The Labute approximate surface area is 145 Å². The van der Waals surface area contributed by atoms with Crippen molar-refractivity contribution in [3.05, 3.63) is 41.2 Å². The molecule has 1 aromatic heterocycles. The van der Waals surface area contributed by atoms with Crippen LogP contribution in [0.15, 0.2) is 30.6 Å². The van der Waals surface area contributed by atoms with E-state index < -0.39 is 0 Å². The molecular formula is C17H20ClN3O3. The summed E-state index contributed by atoms with van der Waals surface area (Å²) in [5, 5.41) is 7.47. The maximum atomic E-state index is 12.2. The lowest BCUT2D eigenvalue weighted by Gasteiger charge is -2.15. The molecule has 1 aliphatic heterocycles. The highest BCUT2D eigenvalue weighted by atomic mass is 35.5. The zero-order chi connectivity index (χ0) is 16.9. The number of nitrogens with one attached hydrogen (secondary N) is 1. The molecule has 0 saturated carbocycles. The second-order valence-electron chi connectivity index (χ2n) is 5.85. The number of benzene rings is 1. The van der Waals surface area contributed by atoms with Crippen molar-refractivity contribution in [2.24, 2.45) is 0 Å². The van der Waals surface area contributed by atoms with Gasteiger partial charge in [-0.3, -0.25) is 9.48 Å². The molecule has 1 amide bonds. The summed E-state index contributed by atoms with van der Waals surface area (Å²) >= 11 is 6.04. The maximum Gasteiger partial charge on any atom is 0.246 e. The summed E-state index contributed by atoms with van der Waals surface area (Å²) in [4.78, 5) is 12.2. The van der Waals surface area contributed by atoms with Crippen LogP contribution in [-0.2, 0) is 16.1 Å². The lowest BCUT2D eigenvalue weighted by molar-refractivity contribution is -0.116. The number of aromatic nitrogens is 2. The molecule has 2 heterocycles. The molecular weight excluding hydrogens is 330 g/mol. The van der Waals surface area contributed by atoms with Gasteiger partial charge in [-0.25, -0.2) is 0 Å². The van der Waals surface area contributed by atoms with E-state index in [1.54, 1.807) is 29.1 Å². The molecule has 24 heavy (non-hydrogen) atoms. The van der Waals surface area contributed by atoms with Gasteiger partial charge in [-0.15, -0.1) is 0 Å². The van der Waals surface area contributed by atoms with E-state index in [4.69, 9.17) is 21.1 Å². The number of aryl methyl sites for hydroxylation is 1. The Morgan fingerprint density at radius 3 is 3.12 bits per heavy atom. The Balaban J connectivity index is 1.64.